The molecule has 0 aliphatic carbocycles. The number of benzene rings is 2. The number of nitrogens with zero attached hydrogens (tertiary/aromatic N) is 2. The average Bonchev–Trinajstić information content (AvgIpc) is 2.83. The zero-order valence-electron chi connectivity index (χ0n) is 19.5. The lowest BCUT2D eigenvalue weighted by atomic mass is 9.83. The maximum absolute atomic E-state index is 13.9. The van der Waals surface area contributed by atoms with Crippen LogP contribution in [0.5, 0.6) is 17.2 Å². The summed E-state index contributed by atoms with van der Waals surface area (Å²) in [6.45, 7) is 6.83. The summed E-state index contributed by atoms with van der Waals surface area (Å²) in [7, 11) is 0. The highest BCUT2D eigenvalue weighted by Gasteiger charge is 2.36. The third-order valence-electron chi connectivity index (χ3n) is 5.78. The number of ether oxygens (including phenoxy) is 3. The average molecular weight is 458 g/mol. The van der Waals surface area contributed by atoms with Crippen LogP contribution in [0.25, 0.3) is 0 Å². The molecule has 2 aromatic carbocycles. The molecule has 1 aliphatic heterocycles. The Hall–Kier alpha value is -4.18. The number of pyridine rings is 1. The number of aryl methyl sites for hydroxylation is 1. The van der Waals surface area contributed by atoms with Gasteiger partial charge in [0.25, 0.3) is 5.56 Å². The van der Waals surface area contributed by atoms with Crippen LogP contribution in [0, 0.1) is 18.3 Å². The van der Waals surface area contributed by atoms with Crippen molar-refractivity contribution in [3.05, 3.63) is 98.8 Å². The van der Waals surface area contributed by atoms with Gasteiger partial charge in [0.1, 0.15) is 17.4 Å². The summed E-state index contributed by atoms with van der Waals surface area (Å²) in [4.78, 5) is 13.9. The fourth-order valence-corrected chi connectivity index (χ4v) is 4.29. The molecule has 4 rings (SSSR count). The number of allylic oxidation sites excluding steroid dienone is 1. The Kier molecular flexibility index (Phi) is 6.60. The van der Waals surface area contributed by atoms with Gasteiger partial charge in [0.05, 0.1) is 31.2 Å². The van der Waals surface area contributed by atoms with Gasteiger partial charge in [0.15, 0.2) is 11.5 Å². The molecule has 1 atom stereocenters. The minimum absolute atomic E-state index is 0.0242. The van der Waals surface area contributed by atoms with E-state index >= 15 is 0 Å². The molecule has 0 saturated carbocycles. The van der Waals surface area contributed by atoms with Crippen molar-refractivity contribution in [2.75, 3.05) is 13.2 Å². The van der Waals surface area contributed by atoms with Gasteiger partial charge >= 0.3 is 0 Å². The predicted molar refractivity (Wildman–Crippen MR) is 129 cm³/mol. The number of para-hydroxylation sites is 1. The van der Waals surface area contributed by atoms with Crippen molar-refractivity contribution < 1.29 is 14.2 Å². The molecule has 1 unspecified atom stereocenters. The van der Waals surface area contributed by atoms with E-state index in [1.54, 1.807) is 16.7 Å². The van der Waals surface area contributed by atoms with Gasteiger partial charge in [-0.15, -0.1) is 0 Å². The Morgan fingerprint density at radius 2 is 1.82 bits per heavy atom. The molecule has 0 saturated heterocycles. The lowest BCUT2D eigenvalue weighted by Crippen LogP contribution is -2.33. The van der Waals surface area contributed by atoms with E-state index in [9.17, 15) is 10.1 Å². The van der Waals surface area contributed by atoms with Gasteiger partial charge in [-0.1, -0.05) is 42.5 Å². The molecule has 1 aliphatic rings. The van der Waals surface area contributed by atoms with Gasteiger partial charge in [-0.25, -0.2) is 0 Å². The van der Waals surface area contributed by atoms with Gasteiger partial charge in [0, 0.05) is 17.3 Å². The highest BCUT2D eigenvalue weighted by atomic mass is 16.5. The lowest BCUT2D eigenvalue weighted by Gasteiger charge is -2.29. The number of rotatable bonds is 7. The predicted octanol–water partition coefficient (Wildman–Crippen LogP) is 4.22. The van der Waals surface area contributed by atoms with E-state index in [1.165, 1.54) is 0 Å². The first-order valence-electron chi connectivity index (χ1n) is 11.2. The molecule has 2 N–H and O–H groups in total. The number of fused-ring (bicyclic) bond motifs is 1. The maximum Gasteiger partial charge on any atom is 0.259 e. The number of hydrogen-bond donors (Lipinski definition) is 1. The molecule has 0 amide bonds. The number of nitriles is 1. The third kappa shape index (κ3) is 4.11. The monoisotopic (exact) mass is 457 g/mol. The second-order valence-corrected chi connectivity index (χ2v) is 7.91. The number of hydrogen-bond acceptors (Lipinski definition) is 6. The van der Waals surface area contributed by atoms with Crippen molar-refractivity contribution in [1.29, 1.82) is 5.26 Å². The first-order chi connectivity index (χ1) is 16.5. The zero-order chi connectivity index (χ0) is 24.2. The van der Waals surface area contributed by atoms with Crippen LogP contribution >= 0.6 is 0 Å². The van der Waals surface area contributed by atoms with Crippen LogP contribution < -0.4 is 25.5 Å². The highest BCUT2D eigenvalue weighted by Crippen LogP contribution is 2.46. The van der Waals surface area contributed by atoms with Crippen LogP contribution in [0.4, 0.5) is 0 Å². The molecular formula is C27H27N3O4. The summed E-state index contributed by atoms with van der Waals surface area (Å²) in [6, 6.07) is 19.2. The first kappa shape index (κ1) is 23.0. The van der Waals surface area contributed by atoms with Gasteiger partial charge in [-0.2, -0.15) is 5.26 Å². The normalized spacial score (nSPS) is 14.7. The van der Waals surface area contributed by atoms with Gasteiger partial charge in [-0.3, -0.25) is 4.79 Å². The molecular weight excluding hydrogens is 430 g/mol. The Labute approximate surface area is 198 Å². The molecule has 7 heteroatoms. The maximum atomic E-state index is 13.9. The van der Waals surface area contributed by atoms with Crippen LogP contribution in [0.3, 0.4) is 0 Å². The van der Waals surface area contributed by atoms with Crippen molar-refractivity contribution in [2.45, 2.75) is 33.2 Å². The van der Waals surface area contributed by atoms with Crippen LogP contribution in [0.1, 0.15) is 42.1 Å². The Balaban J connectivity index is 1.97. The van der Waals surface area contributed by atoms with E-state index in [0.717, 1.165) is 11.3 Å². The molecule has 7 nitrogen and oxygen atoms in total. The van der Waals surface area contributed by atoms with Crippen LogP contribution in [0.15, 0.2) is 70.8 Å². The minimum Gasteiger partial charge on any atom is -0.490 e. The standard InChI is InChI=1S/C27H27N3O4/c1-4-32-21-13-9-12-19(25(21)33-5-2)23-20(15-28)26(29)34-22-14-17(3)30(27(31)24(22)23)16-18-10-7-6-8-11-18/h6-14,23H,4-5,16,29H2,1-3H3. The van der Waals surface area contributed by atoms with Crippen LogP contribution in [-0.4, -0.2) is 17.8 Å². The molecule has 174 valence electrons. The fourth-order valence-electron chi connectivity index (χ4n) is 4.29. The molecule has 0 radical (unpaired) electrons. The molecule has 2 heterocycles. The van der Waals surface area contributed by atoms with Crippen molar-refractivity contribution in [3.63, 3.8) is 0 Å². The van der Waals surface area contributed by atoms with Crippen molar-refractivity contribution >= 4 is 0 Å². The van der Waals surface area contributed by atoms with Gasteiger partial charge in [-0.05, 0) is 32.4 Å². The van der Waals surface area contributed by atoms with E-state index < -0.39 is 5.92 Å². The van der Waals surface area contributed by atoms with E-state index in [2.05, 4.69) is 6.07 Å². The van der Waals surface area contributed by atoms with Crippen LogP contribution in [0.2, 0.25) is 0 Å². The summed E-state index contributed by atoms with van der Waals surface area (Å²) >= 11 is 0. The van der Waals surface area contributed by atoms with E-state index in [0.29, 0.717) is 48.1 Å². The number of nitrogens with two attached hydrogens (primary N) is 1. The zero-order valence-corrected chi connectivity index (χ0v) is 19.5. The SMILES string of the molecule is CCOc1cccc(C2C(C#N)=C(N)Oc3cc(C)n(Cc4ccccc4)c(=O)c32)c1OCC. The second kappa shape index (κ2) is 9.75. The van der Waals surface area contributed by atoms with Crippen molar-refractivity contribution in [2.24, 2.45) is 5.73 Å². The minimum atomic E-state index is -0.758. The number of aromatic nitrogens is 1. The largest absolute Gasteiger partial charge is 0.490 e. The van der Waals surface area contributed by atoms with E-state index in [4.69, 9.17) is 19.9 Å². The summed E-state index contributed by atoms with van der Waals surface area (Å²) in [5.74, 6) is 0.592. The molecule has 0 fully saturated rings. The summed E-state index contributed by atoms with van der Waals surface area (Å²) < 4.78 is 19.2. The second-order valence-electron chi connectivity index (χ2n) is 7.91. The van der Waals surface area contributed by atoms with Crippen molar-refractivity contribution in [3.8, 4) is 23.3 Å². The molecule has 3 aromatic rings. The Morgan fingerprint density at radius 3 is 2.50 bits per heavy atom. The van der Waals surface area contributed by atoms with E-state index in [1.807, 2.05) is 63.2 Å². The Morgan fingerprint density at radius 1 is 1.09 bits per heavy atom. The first-order valence-corrected chi connectivity index (χ1v) is 11.2. The molecule has 34 heavy (non-hydrogen) atoms. The third-order valence-corrected chi connectivity index (χ3v) is 5.78. The lowest BCUT2D eigenvalue weighted by molar-refractivity contribution is 0.284. The summed E-state index contributed by atoms with van der Waals surface area (Å²) in [5, 5.41) is 10.0. The van der Waals surface area contributed by atoms with Crippen LogP contribution in [-0.2, 0) is 6.54 Å². The van der Waals surface area contributed by atoms with Crippen molar-refractivity contribution in [1.82, 2.24) is 4.57 Å². The molecule has 0 spiro atoms. The Bertz CT molecular complexity index is 1340. The quantitative estimate of drug-likeness (QED) is 0.570. The summed E-state index contributed by atoms with van der Waals surface area (Å²) in [5.41, 5.74) is 8.79. The van der Waals surface area contributed by atoms with E-state index in [-0.39, 0.29) is 17.0 Å². The smallest absolute Gasteiger partial charge is 0.259 e. The molecule has 1 aromatic heterocycles. The fraction of sp³-hybridized carbons (Fsp3) is 0.259. The topological polar surface area (TPSA) is 99.5 Å². The summed E-state index contributed by atoms with van der Waals surface area (Å²) in [6.07, 6.45) is 0. The van der Waals surface area contributed by atoms with Gasteiger partial charge in [0.2, 0.25) is 5.88 Å². The highest BCUT2D eigenvalue weighted by molar-refractivity contribution is 5.61. The van der Waals surface area contributed by atoms with Gasteiger partial charge < -0.3 is 24.5 Å². The molecule has 0 bridgehead atoms.